The van der Waals surface area contributed by atoms with Gasteiger partial charge in [-0.3, -0.25) is 9.20 Å². The highest BCUT2D eigenvalue weighted by Gasteiger charge is 2.22. The molecule has 2 N–H and O–H groups in total. The Balaban J connectivity index is 1.18. The summed E-state index contributed by atoms with van der Waals surface area (Å²) in [5.74, 6) is -1.26. The number of aryl methyl sites for hydroxylation is 1. The number of para-hydroxylation sites is 1. The summed E-state index contributed by atoms with van der Waals surface area (Å²) in [6.07, 6.45) is 9.51. The van der Waals surface area contributed by atoms with Gasteiger partial charge in [0, 0.05) is 18.0 Å². The van der Waals surface area contributed by atoms with E-state index in [2.05, 4.69) is 32.7 Å². The van der Waals surface area contributed by atoms with Crippen LogP contribution in [0, 0.1) is 11.6 Å². The minimum Gasteiger partial charge on any atom is -0.496 e. The standard InChI is InChI=1S/C40H39F2N7O3/c1-51-33-17-15-27(25-28(33)39(50)47-37-29(41)11-8-12-30(37)42)36-38(49-23-7-4-13-35(49)46-36)32-18-19-43-40(45-32)44-31-16-14-26(24-34(31)52-2)10-9-22-48-20-5-3-6-21-48/h4,7-8,11-19,23-25H,3,5-6,9-10,20-22H2,1-2H3,(H,47,50)(H,43,44,45). The molecule has 1 aliphatic heterocycles. The zero-order chi connectivity index (χ0) is 36.0. The van der Waals surface area contributed by atoms with E-state index in [4.69, 9.17) is 19.4 Å². The van der Waals surface area contributed by atoms with Crippen LogP contribution in [-0.4, -0.2) is 64.0 Å². The van der Waals surface area contributed by atoms with Gasteiger partial charge in [-0.1, -0.05) is 24.6 Å². The van der Waals surface area contributed by atoms with Gasteiger partial charge in [0.25, 0.3) is 5.91 Å². The van der Waals surface area contributed by atoms with E-state index in [1.54, 1.807) is 37.6 Å². The smallest absolute Gasteiger partial charge is 0.259 e. The SMILES string of the molecule is COc1cc(CCCN2CCCCC2)ccc1Nc1nccc(-c2c(-c3ccc(OC)c(C(=O)Nc4c(F)cccc4F)c3)nc3ccccn23)n1. The lowest BCUT2D eigenvalue weighted by atomic mass is 10.0. The normalized spacial score (nSPS) is 13.2. The highest BCUT2D eigenvalue weighted by atomic mass is 19.1. The second-order valence-corrected chi connectivity index (χ2v) is 12.6. The molecule has 266 valence electrons. The minimum atomic E-state index is -0.893. The number of carbonyl (C=O) groups is 1. The first kappa shape index (κ1) is 34.6. The first-order valence-electron chi connectivity index (χ1n) is 17.3. The minimum absolute atomic E-state index is 0.0674. The lowest BCUT2D eigenvalue weighted by molar-refractivity contribution is 0.102. The van der Waals surface area contributed by atoms with Crippen molar-refractivity contribution in [2.24, 2.45) is 0 Å². The molecular weight excluding hydrogens is 664 g/mol. The van der Waals surface area contributed by atoms with Gasteiger partial charge < -0.3 is 25.0 Å². The molecule has 1 fully saturated rings. The van der Waals surface area contributed by atoms with Crippen molar-refractivity contribution >= 4 is 28.9 Å². The first-order chi connectivity index (χ1) is 25.4. The summed E-state index contributed by atoms with van der Waals surface area (Å²) in [5.41, 5.74) is 4.40. The van der Waals surface area contributed by atoms with Crippen molar-refractivity contribution in [1.82, 2.24) is 24.3 Å². The van der Waals surface area contributed by atoms with E-state index in [9.17, 15) is 13.6 Å². The number of halogens is 2. The number of methoxy groups -OCH3 is 2. The van der Waals surface area contributed by atoms with E-state index in [1.165, 1.54) is 51.1 Å². The molecule has 0 aliphatic carbocycles. The summed E-state index contributed by atoms with van der Waals surface area (Å²) in [5, 5.41) is 5.68. The van der Waals surface area contributed by atoms with E-state index in [0.29, 0.717) is 40.0 Å². The third-order valence-electron chi connectivity index (χ3n) is 9.25. The molecule has 0 atom stereocenters. The third kappa shape index (κ3) is 7.42. The number of rotatable bonds is 12. The number of likely N-dealkylation sites (tertiary alicyclic amines) is 1. The number of amides is 1. The summed E-state index contributed by atoms with van der Waals surface area (Å²) in [7, 11) is 3.07. The fourth-order valence-electron chi connectivity index (χ4n) is 6.63. The van der Waals surface area contributed by atoms with Crippen LogP contribution in [0.1, 0.15) is 41.6 Å². The Labute approximate surface area is 300 Å². The fourth-order valence-corrected chi connectivity index (χ4v) is 6.63. The van der Waals surface area contributed by atoms with Crippen molar-refractivity contribution in [2.75, 3.05) is 44.5 Å². The topological polar surface area (TPSA) is 106 Å². The van der Waals surface area contributed by atoms with Gasteiger partial charge in [-0.25, -0.2) is 23.7 Å². The molecule has 10 nitrogen and oxygen atoms in total. The Bertz CT molecular complexity index is 2200. The zero-order valence-electron chi connectivity index (χ0n) is 29.0. The highest BCUT2D eigenvalue weighted by Crippen LogP contribution is 2.36. The number of carbonyl (C=O) groups excluding carboxylic acids is 1. The number of piperidine rings is 1. The molecule has 6 aromatic rings. The Kier molecular flexibility index (Phi) is 10.3. The number of ether oxygens (including phenoxy) is 2. The Morgan fingerprint density at radius 1 is 0.865 bits per heavy atom. The molecule has 0 saturated carbocycles. The van der Waals surface area contributed by atoms with Crippen molar-refractivity contribution in [3.63, 3.8) is 0 Å². The molecule has 0 unspecified atom stereocenters. The molecule has 12 heteroatoms. The van der Waals surface area contributed by atoms with Crippen LogP contribution in [0.5, 0.6) is 11.5 Å². The predicted octanol–water partition coefficient (Wildman–Crippen LogP) is 8.17. The van der Waals surface area contributed by atoms with Crippen LogP contribution in [0.15, 0.2) is 91.3 Å². The maximum atomic E-state index is 14.4. The number of nitrogens with zero attached hydrogens (tertiary/aromatic N) is 5. The van der Waals surface area contributed by atoms with Crippen molar-refractivity contribution in [3.8, 4) is 34.1 Å². The zero-order valence-corrected chi connectivity index (χ0v) is 29.0. The summed E-state index contributed by atoms with van der Waals surface area (Å²) in [6.45, 7) is 3.49. The number of nitrogens with one attached hydrogen (secondary N) is 2. The highest BCUT2D eigenvalue weighted by molar-refractivity contribution is 6.07. The molecular formula is C40H39F2N7O3. The fraction of sp³-hybridized carbons (Fsp3) is 0.250. The first-order valence-corrected chi connectivity index (χ1v) is 17.3. The van der Waals surface area contributed by atoms with Crippen LogP contribution in [0.3, 0.4) is 0 Å². The molecule has 1 amide bonds. The summed E-state index contributed by atoms with van der Waals surface area (Å²) < 4.78 is 42.0. The number of fused-ring (bicyclic) bond motifs is 1. The third-order valence-corrected chi connectivity index (χ3v) is 9.25. The number of hydrogen-bond acceptors (Lipinski definition) is 8. The van der Waals surface area contributed by atoms with Gasteiger partial charge in [-0.05, 0) is 112 Å². The van der Waals surface area contributed by atoms with Gasteiger partial charge in [0.1, 0.15) is 34.5 Å². The molecule has 0 bridgehead atoms. The van der Waals surface area contributed by atoms with Crippen LogP contribution in [-0.2, 0) is 6.42 Å². The average molecular weight is 704 g/mol. The lowest BCUT2D eigenvalue weighted by Gasteiger charge is -2.26. The number of hydrogen-bond donors (Lipinski definition) is 2. The van der Waals surface area contributed by atoms with Gasteiger partial charge in [0.15, 0.2) is 0 Å². The van der Waals surface area contributed by atoms with Crippen molar-refractivity contribution in [3.05, 3.63) is 114 Å². The molecule has 1 aliphatic rings. The average Bonchev–Trinajstić information content (AvgIpc) is 3.57. The molecule has 0 spiro atoms. The molecule has 52 heavy (non-hydrogen) atoms. The molecule has 4 heterocycles. The quantitative estimate of drug-likeness (QED) is 0.132. The van der Waals surface area contributed by atoms with Crippen LogP contribution in [0.4, 0.5) is 26.1 Å². The molecule has 7 rings (SSSR count). The maximum Gasteiger partial charge on any atom is 0.259 e. The second-order valence-electron chi connectivity index (χ2n) is 12.6. The second kappa shape index (κ2) is 15.6. The number of benzene rings is 3. The van der Waals surface area contributed by atoms with Gasteiger partial charge in [-0.2, -0.15) is 0 Å². The Morgan fingerprint density at radius 3 is 2.46 bits per heavy atom. The number of aromatic nitrogens is 4. The number of imidazole rings is 1. The Hall–Kier alpha value is -5.88. The van der Waals surface area contributed by atoms with E-state index in [0.717, 1.165) is 37.2 Å². The van der Waals surface area contributed by atoms with Gasteiger partial charge in [-0.15, -0.1) is 0 Å². The van der Waals surface area contributed by atoms with E-state index in [1.807, 2.05) is 34.9 Å². The van der Waals surface area contributed by atoms with E-state index < -0.39 is 23.2 Å². The van der Waals surface area contributed by atoms with Crippen molar-refractivity contribution in [1.29, 1.82) is 0 Å². The van der Waals surface area contributed by atoms with Crippen LogP contribution < -0.4 is 20.1 Å². The molecule has 3 aromatic heterocycles. The van der Waals surface area contributed by atoms with Crippen molar-refractivity contribution in [2.45, 2.75) is 32.1 Å². The van der Waals surface area contributed by atoms with Crippen molar-refractivity contribution < 1.29 is 23.0 Å². The number of anilines is 3. The van der Waals surface area contributed by atoms with Crippen LogP contribution in [0.25, 0.3) is 28.3 Å². The Morgan fingerprint density at radius 2 is 1.67 bits per heavy atom. The van der Waals surface area contributed by atoms with E-state index >= 15 is 0 Å². The lowest BCUT2D eigenvalue weighted by Crippen LogP contribution is -2.30. The summed E-state index contributed by atoms with van der Waals surface area (Å²) >= 11 is 0. The predicted molar refractivity (Wildman–Crippen MR) is 197 cm³/mol. The molecule has 1 saturated heterocycles. The van der Waals surface area contributed by atoms with Crippen LogP contribution >= 0.6 is 0 Å². The molecule has 3 aromatic carbocycles. The maximum absolute atomic E-state index is 14.4. The summed E-state index contributed by atoms with van der Waals surface area (Å²) in [6, 6.07) is 21.9. The van der Waals surface area contributed by atoms with Gasteiger partial charge >= 0.3 is 0 Å². The number of pyridine rings is 1. The monoisotopic (exact) mass is 703 g/mol. The van der Waals surface area contributed by atoms with Gasteiger partial charge in [0.05, 0.1) is 42.6 Å². The molecule has 0 radical (unpaired) electrons. The largest absolute Gasteiger partial charge is 0.496 e. The summed E-state index contributed by atoms with van der Waals surface area (Å²) in [4.78, 5) is 30.3. The van der Waals surface area contributed by atoms with Crippen LogP contribution in [0.2, 0.25) is 0 Å². The van der Waals surface area contributed by atoms with E-state index in [-0.39, 0.29) is 11.3 Å². The van der Waals surface area contributed by atoms with Gasteiger partial charge in [0.2, 0.25) is 5.95 Å².